The zero-order chi connectivity index (χ0) is 22.7. The number of benzene rings is 2. The number of pyridine rings is 1. The van der Waals surface area contributed by atoms with Gasteiger partial charge in [-0.1, -0.05) is 37.4 Å². The normalized spacial score (nSPS) is 10.5. The Labute approximate surface area is 184 Å². The summed E-state index contributed by atoms with van der Waals surface area (Å²) in [5, 5.41) is 6.63. The van der Waals surface area contributed by atoms with Crippen LogP contribution in [0.1, 0.15) is 11.1 Å². The van der Waals surface area contributed by atoms with E-state index in [4.69, 9.17) is 0 Å². The Kier molecular flexibility index (Phi) is 5.63. The molecule has 7 nitrogen and oxygen atoms in total. The summed E-state index contributed by atoms with van der Waals surface area (Å²) >= 11 is 0. The first-order valence-electron chi connectivity index (χ1n) is 9.91. The lowest BCUT2D eigenvalue weighted by Gasteiger charge is -2.14. The number of carbonyl (C=O) groups is 1. The van der Waals surface area contributed by atoms with Gasteiger partial charge >= 0.3 is 0 Å². The van der Waals surface area contributed by atoms with E-state index in [-0.39, 0.29) is 11.5 Å². The fourth-order valence-corrected chi connectivity index (χ4v) is 3.31. The highest BCUT2D eigenvalue weighted by Gasteiger charge is 2.12. The SMILES string of the molecule is C=CC(=O)Nc1cccc(-n2c(=O)cc(C)c3cnc(Nc4ccc(C=C)cc4)nc32)c1. The van der Waals surface area contributed by atoms with Crippen LogP contribution in [-0.2, 0) is 4.79 Å². The van der Waals surface area contributed by atoms with Gasteiger partial charge in [-0.3, -0.25) is 14.2 Å². The fraction of sp³-hybridized carbons (Fsp3) is 0.0400. The van der Waals surface area contributed by atoms with Crippen molar-refractivity contribution in [3.8, 4) is 5.69 Å². The number of hydrogen-bond acceptors (Lipinski definition) is 5. The van der Waals surface area contributed by atoms with Crippen LogP contribution in [0.2, 0.25) is 0 Å². The van der Waals surface area contributed by atoms with Crippen LogP contribution in [0.25, 0.3) is 22.8 Å². The maximum absolute atomic E-state index is 13.0. The number of carbonyl (C=O) groups excluding carboxylic acids is 1. The van der Waals surface area contributed by atoms with Crippen LogP contribution in [0.5, 0.6) is 0 Å². The van der Waals surface area contributed by atoms with Crippen LogP contribution >= 0.6 is 0 Å². The molecule has 0 atom stereocenters. The lowest BCUT2D eigenvalue weighted by atomic mass is 10.2. The average molecular weight is 423 g/mol. The van der Waals surface area contributed by atoms with Crippen LogP contribution in [0.3, 0.4) is 0 Å². The van der Waals surface area contributed by atoms with Crippen LogP contribution in [0, 0.1) is 6.92 Å². The summed E-state index contributed by atoms with van der Waals surface area (Å²) in [6, 6.07) is 16.2. The molecule has 0 aliphatic rings. The lowest BCUT2D eigenvalue weighted by molar-refractivity contribution is -0.111. The van der Waals surface area contributed by atoms with Crippen molar-refractivity contribution in [1.29, 1.82) is 0 Å². The van der Waals surface area contributed by atoms with Gasteiger partial charge in [-0.2, -0.15) is 4.98 Å². The number of nitrogens with one attached hydrogen (secondary N) is 2. The molecule has 0 fully saturated rings. The van der Waals surface area contributed by atoms with Gasteiger partial charge in [-0.25, -0.2) is 4.98 Å². The van der Waals surface area contributed by atoms with E-state index in [1.165, 1.54) is 10.6 Å². The molecule has 2 heterocycles. The predicted octanol–water partition coefficient (Wildman–Crippen LogP) is 4.60. The first-order valence-corrected chi connectivity index (χ1v) is 9.91. The van der Waals surface area contributed by atoms with E-state index in [0.29, 0.717) is 23.0 Å². The number of anilines is 3. The van der Waals surface area contributed by atoms with Gasteiger partial charge in [0.15, 0.2) is 5.65 Å². The third-order valence-electron chi connectivity index (χ3n) is 4.93. The Bertz CT molecular complexity index is 1400. The summed E-state index contributed by atoms with van der Waals surface area (Å²) in [5.41, 5.74) is 3.93. The van der Waals surface area contributed by atoms with Crippen LogP contribution < -0.4 is 16.2 Å². The van der Waals surface area contributed by atoms with Crippen molar-refractivity contribution in [2.45, 2.75) is 6.92 Å². The molecule has 0 aliphatic heterocycles. The standard InChI is InChI=1S/C25H21N5O2/c1-4-17-9-11-18(12-10-17)28-25-26-15-21-16(3)13-23(32)30(24(21)29-25)20-8-6-7-19(14-20)27-22(31)5-2/h4-15H,1-2H2,3H3,(H,27,31)(H,26,28,29). The molecule has 2 N–H and O–H groups in total. The Morgan fingerprint density at radius 3 is 2.56 bits per heavy atom. The maximum Gasteiger partial charge on any atom is 0.257 e. The third kappa shape index (κ3) is 4.17. The first kappa shape index (κ1) is 20.7. The number of aryl methyl sites for hydroxylation is 1. The van der Waals surface area contributed by atoms with Gasteiger partial charge in [0.05, 0.1) is 5.69 Å². The highest BCUT2D eigenvalue weighted by Crippen LogP contribution is 2.22. The molecule has 0 saturated carbocycles. The van der Waals surface area contributed by atoms with E-state index < -0.39 is 0 Å². The van der Waals surface area contributed by atoms with Gasteiger partial charge in [0.2, 0.25) is 11.9 Å². The molecule has 32 heavy (non-hydrogen) atoms. The molecule has 158 valence electrons. The van der Waals surface area contributed by atoms with Gasteiger partial charge in [0, 0.05) is 29.0 Å². The second-order valence-corrected chi connectivity index (χ2v) is 7.13. The number of amides is 1. The Balaban J connectivity index is 1.81. The summed E-state index contributed by atoms with van der Waals surface area (Å²) < 4.78 is 1.50. The smallest absolute Gasteiger partial charge is 0.257 e. The van der Waals surface area contributed by atoms with Crippen molar-refractivity contribution in [1.82, 2.24) is 14.5 Å². The van der Waals surface area contributed by atoms with E-state index in [1.54, 1.807) is 42.6 Å². The van der Waals surface area contributed by atoms with E-state index in [9.17, 15) is 9.59 Å². The summed E-state index contributed by atoms with van der Waals surface area (Å²) in [6.07, 6.45) is 4.65. The summed E-state index contributed by atoms with van der Waals surface area (Å²) in [5.74, 6) is 0.0262. The molecule has 2 aromatic carbocycles. The number of rotatable bonds is 6. The molecular formula is C25H21N5O2. The van der Waals surface area contributed by atoms with Crippen molar-refractivity contribution in [2.75, 3.05) is 10.6 Å². The largest absolute Gasteiger partial charge is 0.324 e. The molecule has 1 amide bonds. The van der Waals surface area contributed by atoms with Gasteiger partial charge < -0.3 is 10.6 Å². The van der Waals surface area contributed by atoms with Crippen LogP contribution in [-0.4, -0.2) is 20.4 Å². The Morgan fingerprint density at radius 2 is 1.84 bits per heavy atom. The van der Waals surface area contributed by atoms with Gasteiger partial charge in [-0.15, -0.1) is 0 Å². The number of nitrogens with zero attached hydrogens (tertiary/aromatic N) is 3. The molecular weight excluding hydrogens is 402 g/mol. The molecule has 0 unspecified atom stereocenters. The van der Waals surface area contributed by atoms with Crippen molar-refractivity contribution >= 4 is 40.3 Å². The molecule has 2 aromatic heterocycles. The van der Waals surface area contributed by atoms with Crippen molar-refractivity contribution in [3.63, 3.8) is 0 Å². The van der Waals surface area contributed by atoms with E-state index in [2.05, 4.69) is 33.8 Å². The first-order chi connectivity index (χ1) is 15.5. The minimum absolute atomic E-state index is 0.234. The number of hydrogen-bond donors (Lipinski definition) is 2. The lowest BCUT2D eigenvalue weighted by Crippen LogP contribution is -2.20. The summed E-state index contributed by atoms with van der Waals surface area (Å²) in [4.78, 5) is 33.7. The van der Waals surface area contributed by atoms with Crippen molar-refractivity contribution < 1.29 is 4.79 Å². The van der Waals surface area contributed by atoms with E-state index in [0.717, 1.165) is 22.2 Å². The predicted molar refractivity (Wildman–Crippen MR) is 129 cm³/mol. The summed E-state index contributed by atoms with van der Waals surface area (Å²) in [7, 11) is 0. The third-order valence-corrected chi connectivity index (χ3v) is 4.93. The number of aromatic nitrogens is 3. The van der Waals surface area contributed by atoms with Crippen LogP contribution in [0.4, 0.5) is 17.3 Å². The number of fused-ring (bicyclic) bond motifs is 1. The maximum atomic E-state index is 13.0. The molecule has 0 spiro atoms. The minimum atomic E-state index is -0.334. The van der Waals surface area contributed by atoms with Crippen molar-refractivity contribution in [3.05, 3.63) is 102 Å². The molecule has 4 aromatic rings. The van der Waals surface area contributed by atoms with Crippen LogP contribution in [0.15, 0.2) is 84.8 Å². The van der Waals surface area contributed by atoms with Gasteiger partial charge in [0.1, 0.15) is 0 Å². The highest BCUT2D eigenvalue weighted by molar-refractivity contribution is 5.99. The van der Waals surface area contributed by atoms with E-state index in [1.807, 2.05) is 31.2 Å². The zero-order valence-electron chi connectivity index (χ0n) is 17.5. The molecule has 0 aliphatic carbocycles. The molecule has 0 radical (unpaired) electrons. The Morgan fingerprint density at radius 1 is 1.06 bits per heavy atom. The molecule has 0 saturated heterocycles. The molecule has 7 heteroatoms. The second kappa shape index (κ2) is 8.69. The average Bonchev–Trinajstić information content (AvgIpc) is 2.79. The fourth-order valence-electron chi connectivity index (χ4n) is 3.31. The Hall–Kier alpha value is -4.52. The van der Waals surface area contributed by atoms with Gasteiger partial charge in [0.25, 0.3) is 5.56 Å². The second-order valence-electron chi connectivity index (χ2n) is 7.13. The topological polar surface area (TPSA) is 88.9 Å². The van der Waals surface area contributed by atoms with E-state index >= 15 is 0 Å². The summed E-state index contributed by atoms with van der Waals surface area (Å²) in [6.45, 7) is 9.06. The molecule has 0 bridgehead atoms. The van der Waals surface area contributed by atoms with Crippen molar-refractivity contribution in [2.24, 2.45) is 0 Å². The zero-order valence-corrected chi connectivity index (χ0v) is 17.5. The molecule has 4 rings (SSSR count). The monoisotopic (exact) mass is 423 g/mol. The highest BCUT2D eigenvalue weighted by atomic mass is 16.1. The minimum Gasteiger partial charge on any atom is -0.324 e. The van der Waals surface area contributed by atoms with Gasteiger partial charge in [-0.05, 0) is 54.5 Å². The quantitative estimate of drug-likeness (QED) is 0.443.